The molecule has 100 valence electrons. The van der Waals surface area contributed by atoms with E-state index in [1.807, 2.05) is 0 Å². The van der Waals surface area contributed by atoms with Crippen molar-refractivity contribution in [2.75, 3.05) is 46.3 Å². The van der Waals surface area contributed by atoms with Crippen LogP contribution < -0.4 is 5.32 Å². The largest absolute Gasteiger partial charge is 0.355 e. The van der Waals surface area contributed by atoms with Crippen LogP contribution >= 0.6 is 0 Å². The van der Waals surface area contributed by atoms with E-state index >= 15 is 0 Å². The molecule has 1 rings (SSSR count). The minimum atomic E-state index is 0.202. The standard InChI is InChI=1S/C13H27N3O/c1-4-12(2)11-13(17)14-5-6-16-9-7-15(3)8-10-16/h12H,4-11H2,1-3H3,(H,14,17). The molecule has 17 heavy (non-hydrogen) atoms. The van der Waals surface area contributed by atoms with E-state index in [1.54, 1.807) is 0 Å². The number of carbonyl (C=O) groups is 1. The van der Waals surface area contributed by atoms with Crippen molar-refractivity contribution < 1.29 is 4.79 Å². The number of amides is 1. The molecular formula is C13H27N3O. The molecule has 0 saturated carbocycles. The number of rotatable bonds is 6. The lowest BCUT2D eigenvalue weighted by Crippen LogP contribution is -2.46. The molecule has 1 fully saturated rings. The van der Waals surface area contributed by atoms with E-state index in [0.29, 0.717) is 12.3 Å². The Balaban J connectivity index is 2.05. The highest BCUT2D eigenvalue weighted by Gasteiger charge is 2.13. The van der Waals surface area contributed by atoms with E-state index in [1.165, 1.54) is 0 Å². The summed E-state index contributed by atoms with van der Waals surface area (Å²) in [5, 5.41) is 3.01. The maximum Gasteiger partial charge on any atom is 0.220 e. The molecule has 0 aromatic carbocycles. The monoisotopic (exact) mass is 241 g/mol. The zero-order chi connectivity index (χ0) is 12.7. The molecule has 0 radical (unpaired) electrons. The third-order valence-corrected chi connectivity index (χ3v) is 3.58. The first-order valence-corrected chi connectivity index (χ1v) is 6.79. The Kier molecular flexibility index (Phi) is 6.52. The summed E-state index contributed by atoms with van der Waals surface area (Å²) in [6.07, 6.45) is 1.74. The molecular weight excluding hydrogens is 214 g/mol. The molecule has 1 unspecified atom stereocenters. The molecule has 1 saturated heterocycles. The van der Waals surface area contributed by atoms with Crippen LogP contribution in [-0.4, -0.2) is 62.0 Å². The van der Waals surface area contributed by atoms with Crippen LogP contribution in [-0.2, 0) is 4.79 Å². The minimum Gasteiger partial charge on any atom is -0.355 e. The summed E-state index contributed by atoms with van der Waals surface area (Å²) in [6.45, 7) is 10.6. The number of carbonyl (C=O) groups excluding carboxylic acids is 1. The normalized spacial score (nSPS) is 20.2. The molecule has 0 aliphatic carbocycles. The summed E-state index contributed by atoms with van der Waals surface area (Å²) < 4.78 is 0. The van der Waals surface area contributed by atoms with Crippen LogP contribution in [0.2, 0.25) is 0 Å². The zero-order valence-electron chi connectivity index (χ0n) is 11.5. The Morgan fingerprint density at radius 2 is 1.94 bits per heavy atom. The summed E-state index contributed by atoms with van der Waals surface area (Å²) in [5.74, 6) is 0.701. The van der Waals surface area contributed by atoms with Gasteiger partial charge in [0.2, 0.25) is 5.91 Å². The van der Waals surface area contributed by atoms with Gasteiger partial charge in [-0.2, -0.15) is 0 Å². The van der Waals surface area contributed by atoms with Crippen molar-refractivity contribution >= 4 is 5.91 Å². The average Bonchev–Trinajstić information content (AvgIpc) is 2.31. The molecule has 4 nitrogen and oxygen atoms in total. The van der Waals surface area contributed by atoms with Crippen molar-refractivity contribution in [2.24, 2.45) is 5.92 Å². The van der Waals surface area contributed by atoms with Crippen molar-refractivity contribution in [1.82, 2.24) is 15.1 Å². The van der Waals surface area contributed by atoms with Gasteiger partial charge in [0.1, 0.15) is 0 Å². The van der Waals surface area contributed by atoms with Gasteiger partial charge >= 0.3 is 0 Å². The number of nitrogens with one attached hydrogen (secondary N) is 1. The highest BCUT2D eigenvalue weighted by atomic mass is 16.1. The number of hydrogen-bond acceptors (Lipinski definition) is 3. The molecule has 4 heteroatoms. The maximum atomic E-state index is 11.6. The molecule has 0 bridgehead atoms. The molecule has 1 atom stereocenters. The first-order chi connectivity index (χ1) is 8.11. The lowest BCUT2D eigenvalue weighted by atomic mass is 10.1. The predicted molar refractivity (Wildman–Crippen MR) is 71.0 cm³/mol. The van der Waals surface area contributed by atoms with Gasteiger partial charge in [0.15, 0.2) is 0 Å². The average molecular weight is 241 g/mol. The van der Waals surface area contributed by atoms with E-state index in [2.05, 4.69) is 36.0 Å². The van der Waals surface area contributed by atoms with Gasteiger partial charge in [-0.15, -0.1) is 0 Å². The molecule has 1 aliphatic heterocycles. The highest BCUT2D eigenvalue weighted by Crippen LogP contribution is 2.05. The topological polar surface area (TPSA) is 35.6 Å². The Bertz CT molecular complexity index is 225. The van der Waals surface area contributed by atoms with Gasteiger partial charge in [-0.1, -0.05) is 20.3 Å². The van der Waals surface area contributed by atoms with E-state index in [9.17, 15) is 4.79 Å². The maximum absolute atomic E-state index is 11.6. The second-order valence-electron chi connectivity index (χ2n) is 5.21. The van der Waals surface area contributed by atoms with Crippen molar-refractivity contribution in [3.05, 3.63) is 0 Å². The quantitative estimate of drug-likeness (QED) is 0.747. The van der Waals surface area contributed by atoms with E-state index < -0.39 is 0 Å². The van der Waals surface area contributed by atoms with Crippen LogP contribution in [0.4, 0.5) is 0 Å². The number of piperazine rings is 1. The van der Waals surface area contributed by atoms with Gasteiger partial charge in [-0.3, -0.25) is 9.69 Å². The molecule has 0 aromatic rings. The molecule has 1 aliphatic rings. The van der Waals surface area contributed by atoms with Crippen LogP contribution in [0.5, 0.6) is 0 Å². The van der Waals surface area contributed by atoms with E-state index in [4.69, 9.17) is 0 Å². The predicted octanol–water partition coefficient (Wildman–Crippen LogP) is 0.786. The molecule has 1 N–H and O–H groups in total. The van der Waals surface area contributed by atoms with Gasteiger partial charge in [0, 0.05) is 45.7 Å². The SMILES string of the molecule is CCC(C)CC(=O)NCCN1CCN(C)CC1. The van der Waals surface area contributed by atoms with Crippen LogP contribution in [0.1, 0.15) is 26.7 Å². The summed E-state index contributed by atoms with van der Waals surface area (Å²) in [4.78, 5) is 16.3. The van der Waals surface area contributed by atoms with Crippen molar-refractivity contribution in [3.8, 4) is 0 Å². The van der Waals surface area contributed by atoms with Crippen LogP contribution in [0, 0.1) is 5.92 Å². The summed E-state index contributed by atoms with van der Waals surface area (Å²) in [5.41, 5.74) is 0. The number of likely N-dealkylation sites (N-methyl/N-ethyl adjacent to an activating group) is 1. The van der Waals surface area contributed by atoms with Gasteiger partial charge in [0.25, 0.3) is 0 Å². The van der Waals surface area contributed by atoms with Gasteiger partial charge in [-0.05, 0) is 13.0 Å². The minimum absolute atomic E-state index is 0.202. The fourth-order valence-electron chi connectivity index (χ4n) is 1.96. The van der Waals surface area contributed by atoms with Crippen LogP contribution in [0.25, 0.3) is 0 Å². The first-order valence-electron chi connectivity index (χ1n) is 6.79. The van der Waals surface area contributed by atoms with Gasteiger partial charge in [0.05, 0.1) is 0 Å². The van der Waals surface area contributed by atoms with Crippen molar-refractivity contribution in [1.29, 1.82) is 0 Å². The smallest absolute Gasteiger partial charge is 0.220 e. The highest BCUT2D eigenvalue weighted by molar-refractivity contribution is 5.76. The fraction of sp³-hybridized carbons (Fsp3) is 0.923. The Hall–Kier alpha value is -0.610. The lowest BCUT2D eigenvalue weighted by Gasteiger charge is -2.32. The molecule has 0 aromatic heterocycles. The Morgan fingerprint density at radius 1 is 1.29 bits per heavy atom. The second-order valence-corrected chi connectivity index (χ2v) is 5.21. The molecule has 1 amide bonds. The summed E-state index contributed by atoms with van der Waals surface area (Å²) >= 11 is 0. The summed E-state index contributed by atoms with van der Waals surface area (Å²) in [7, 11) is 2.16. The van der Waals surface area contributed by atoms with E-state index in [-0.39, 0.29) is 5.91 Å². The van der Waals surface area contributed by atoms with Gasteiger partial charge in [-0.25, -0.2) is 0 Å². The second kappa shape index (κ2) is 7.67. The number of hydrogen-bond donors (Lipinski definition) is 1. The number of nitrogens with zero attached hydrogens (tertiary/aromatic N) is 2. The first kappa shape index (κ1) is 14.5. The van der Waals surface area contributed by atoms with Crippen molar-refractivity contribution in [2.45, 2.75) is 26.7 Å². The molecule has 0 spiro atoms. The fourth-order valence-corrected chi connectivity index (χ4v) is 1.96. The summed E-state index contributed by atoms with van der Waals surface area (Å²) in [6, 6.07) is 0. The lowest BCUT2D eigenvalue weighted by molar-refractivity contribution is -0.122. The third kappa shape index (κ3) is 6.03. The van der Waals surface area contributed by atoms with E-state index in [0.717, 1.165) is 45.7 Å². The zero-order valence-corrected chi connectivity index (χ0v) is 11.5. The van der Waals surface area contributed by atoms with Gasteiger partial charge < -0.3 is 10.2 Å². The third-order valence-electron chi connectivity index (χ3n) is 3.58. The Labute approximate surface area is 105 Å². The van der Waals surface area contributed by atoms with Crippen LogP contribution in [0.3, 0.4) is 0 Å². The van der Waals surface area contributed by atoms with Crippen molar-refractivity contribution in [3.63, 3.8) is 0 Å². The Morgan fingerprint density at radius 3 is 2.53 bits per heavy atom. The van der Waals surface area contributed by atoms with Crippen LogP contribution in [0.15, 0.2) is 0 Å². The molecule has 1 heterocycles.